The summed E-state index contributed by atoms with van der Waals surface area (Å²) in [5.74, 6) is 0.131. The lowest BCUT2D eigenvalue weighted by Gasteiger charge is -2.34. The summed E-state index contributed by atoms with van der Waals surface area (Å²) in [5.41, 5.74) is 4.19. The number of carbonyl (C=O) groups excluding carboxylic acids is 2. The van der Waals surface area contributed by atoms with Gasteiger partial charge in [0.15, 0.2) is 6.10 Å². The first-order valence-electron chi connectivity index (χ1n) is 10.3. The Morgan fingerprint density at radius 2 is 1.90 bits per heavy atom. The van der Waals surface area contributed by atoms with Crippen LogP contribution in [0.5, 0.6) is 5.75 Å². The van der Waals surface area contributed by atoms with Crippen molar-refractivity contribution in [1.82, 2.24) is 4.98 Å². The average Bonchev–Trinajstić information content (AvgIpc) is 3.09. The van der Waals surface area contributed by atoms with Crippen molar-refractivity contribution in [2.75, 3.05) is 16.8 Å². The molecule has 3 aromatic rings. The summed E-state index contributed by atoms with van der Waals surface area (Å²) in [7, 11) is 0. The molecule has 0 fully saturated rings. The number of aromatic nitrogens is 1. The molecule has 1 aliphatic rings. The Kier molecular flexibility index (Phi) is 5.78. The smallest absolute Gasteiger partial charge is 0.268 e. The maximum atomic E-state index is 13.1. The third-order valence-electron chi connectivity index (χ3n) is 5.25. The highest BCUT2D eigenvalue weighted by molar-refractivity contribution is 7.11. The van der Waals surface area contributed by atoms with Gasteiger partial charge in [-0.2, -0.15) is 0 Å². The molecular weight excluding hydrogens is 410 g/mol. The predicted octanol–water partition coefficient (Wildman–Crippen LogP) is 4.88. The number of aryl methyl sites for hydroxylation is 3. The van der Waals surface area contributed by atoms with Crippen molar-refractivity contribution < 1.29 is 14.3 Å². The molecule has 31 heavy (non-hydrogen) atoms. The second-order valence-electron chi connectivity index (χ2n) is 7.67. The molecule has 2 heterocycles. The monoisotopic (exact) mass is 435 g/mol. The van der Waals surface area contributed by atoms with E-state index in [9.17, 15) is 9.59 Å². The van der Waals surface area contributed by atoms with Crippen LogP contribution in [0.2, 0.25) is 0 Å². The van der Waals surface area contributed by atoms with E-state index < -0.39 is 6.10 Å². The van der Waals surface area contributed by atoms with Crippen molar-refractivity contribution in [3.8, 4) is 17.0 Å². The molecular formula is C24H25N3O3S. The number of benzene rings is 2. The Morgan fingerprint density at radius 1 is 1.16 bits per heavy atom. The Labute approximate surface area is 185 Å². The SMILES string of the molecule is CCC1Oc2ccc(-c3nc(C)sc3C)cc2N(CC(=O)Nc2ccc(C)cc2)C1=O. The van der Waals surface area contributed by atoms with Gasteiger partial charge in [0.05, 0.1) is 16.4 Å². The fourth-order valence-electron chi connectivity index (χ4n) is 3.67. The third kappa shape index (κ3) is 4.32. The molecule has 0 saturated carbocycles. The molecule has 0 radical (unpaired) electrons. The lowest BCUT2D eigenvalue weighted by molar-refractivity contribution is -0.128. The van der Waals surface area contributed by atoms with E-state index in [-0.39, 0.29) is 18.4 Å². The number of anilines is 2. The van der Waals surface area contributed by atoms with Gasteiger partial charge in [0.25, 0.3) is 5.91 Å². The predicted molar refractivity (Wildman–Crippen MR) is 124 cm³/mol. The number of carbonyl (C=O) groups is 2. The molecule has 1 N–H and O–H groups in total. The van der Waals surface area contributed by atoms with Crippen LogP contribution in [0.3, 0.4) is 0 Å². The minimum Gasteiger partial charge on any atom is -0.478 e. The number of nitrogens with zero attached hydrogens (tertiary/aromatic N) is 2. The Hall–Kier alpha value is -3.19. The van der Waals surface area contributed by atoms with Gasteiger partial charge in [0.1, 0.15) is 12.3 Å². The highest BCUT2D eigenvalue weighted by atomic mass is 32.1. The standard InChI is InChI=1S/C24H25N3O3S/c1-5-20-24(29)27(13-22(28)26-18-9-6-14(2)7-10-18)19-12-17(8-11-21(19)30-20)23-15(3)31-16(4)25-23/h6-12,20H,5,13H2,1-4H3,(H,26,28). The molecule has 160 valence electrons. The highest BCUT2D eigenvalue weighted by Gasteiger charge is 2.35. The normalized spacial score (nSPS) is 15.4. The van der Waals surface area contributed by atoms with Crippen LogP contribution in [0.4, 0.5) is 11.4 Å². The van der Waals surface area contributed by atoms with Crippen LogP contribution >= 0.6 is 11.3 Å². The van der Waals surface area contributed by atoms with Gasteiger partial charge >= 0.3 is 0 Å². The van der Waals surface area contributed by atoms with E-state index in [1.165, 1.54) is 4.90 Å². The molecule has 0 spiro atoms. The van der Waals surface area contributed by atoms with Gasteiger partial charge in [0, 0.05) is 16.1 Å². The number of rotatable bonds is 5. The van der Waals surface area contributed by atoms with E-state index in [1.54, 1.807) is 11.3 Å². The van der Waals surface area contributed by atoms with Crippen molar-refractivity contribution in [1.29, 1.82) is 0 Å². The summed E-state index contributed by atoms with van der Waals surface area (Å²) in [6.07, 6.45) is -0.0747. The molecule has 0 bridgehead atoms. The minimum atomic E-state index is -0.603. The van der Waals surface area contributed by atoms with Crippen LogP contribution < -0.4 is 15.0 Å². The van der Waals surface area contributed by atoms with E-state index in [2.05, 4.69) is 10.3 Å². The molecule has 2 aromatic carbocycles. The number of ether oxygens (including phenoxy) is 1. The third-order valence-corrected chi connectivity index (χ3v) is 6.13. The maximum Gasteiger partial charge on any atom is 0.268 e. The van der Waals surface area contributed by atoms with Crippen LogP contribution in [0.1, 0.15) is 28.8 Å². The largest absolute Gasteiger partial charge is 0.478 e. The second-order valence-corrected chi connectivity index (χ2v) is 9.08. The van der Waals surface area contributed by atoms with Crippen LogP contribution in [-0.4, -0.2) is 29.4 Å². The van der Waals surface area contributed by atoms with Gasteiger partial charge in [0.2, 0.25) is 5.91 Å². The lowest BCUT2D eigenvalue weighted by Crippen LogP contribution is -2.48. The maximum absolute atomic E-state index is 13.1. The van der Waals surface area contributed by atoms with E-state index in [1.807, 2.05) is 70.2 Å². The Balaban J connectivity index is 1.65. The number of hydrogen-bond acceptors (Lipinski definition) is 5. The second kappa shape index (κ2) is 8.51. The van der Waals surface area contributed by atoms with Gasteiger partial charge < -0.3 is 10.1 Å². The van der Waals surface area contributed by atoms with Gasteiger partial charge in [-0.3, -0.25) is 14.5 Å². The summed E-state index contributed by atoms with van der Waals surface area (Å²) in [6.45, 7) is 7.80. The number of nitrogens with one attached hydrogen (secondary N) is 1. The van der Waals surface area contributed by atoms with Crippen LogP contribution in [-0.2, 0) is 9.59 Å². The Bertz CT molecular complexity index is 1140. The molecule has 7 heteroatoms. The summed E-state index contributed by atoms with van der Waals surface area (Å²) in [6, 6.07) is 13.3. The number of hydrogen-bond donors (Lipinski definition) is 1. The van der Waals surface area contributed by atoms with Gasteiger partial charge in [-0.25, -0.2) is 4.98 Å². The number of thiazole rings is 1. The first kappa shape index (κ1) is 21.1. The van der Waals surface area contributed by atoms with E-state index >= 15 is 0 Å². The fourth-order valence-corrected chi connectivity index (χ4v) is 4.51. The van der Waals surface area contributed by atoms with Crippen molar-refractivity contribution >= 4 is 34.5 Å². The first-order chi connectivity index (χ1) is 14.9. The van der Waals surface area contributed by atoms with E-state index in [0.29, 0.717) is 23.5 Å². The average molecular weight is 436 g/mol. The summed E-state index contributed by atoms with van der Waals surface area (Å²) >= 11 is 1.63. The van der Waals surface area contributed by atoms with E-state index in [0.717, 1.165) is 26.7 Å². The summed E-state index contributed by atoms with van der Waals surface area (Å²) < 4.78 is 5.92. The molecule has 1 unspecified atom stereocenters. The topological polar surface area (TPSA) is 71.5 Å². The van der Waals surface area contributed by atoms with Crippen molar-refractivity contribution in [2.45, 2.75) is 40.2 Å². The first-order valence-corrected chi connectivity index (χ1v) is 11.1. The zero-order valence-corrected chi connectivity index (χ0v) is 18.9. The molecule has 1 aromatic heterocycles. The van der Waals surface area contributed by atoms with Gasteiger partial charge in [-0.1, -0.05) is 24.6 Å². The van der Waals surface area contributed by atoms with Crippen molar-refractivity contribution in [3.63, 3.8) is 0 Å². The highest BCUT2D eigenvalue weighted by Crippen LogP contribution is 2.39. The fraction of sp³-hybridized carbons (Fsp3) is 0.292. The van der Waals surface area contributed by atoms with Crippen LogP contribution in [0.15, 0.2) is 42.5 Å². The zero-order chi connectivity index (χ0) is 22.1. The van der Waals surface area contributed by atoms with E-state index in [4.69, 9.17) is 4.74 Å². The van der Waals surface area contributed by atoms with Crippen LogP contribution in [0, 0.1) is 20.8 Å². The quantitative estimate of drug-likeness (QED) is 0.620. The molecule has 6 nitrogen and oxygen atoms in total. The molecule has 0 aliphatic carbocycles. The summed E-state index contributed by atoms with van der Waals surface area (Å²) in [5, 5.41) is 3.86. The molecule has 0 saturated heterocycles. The van der Waals surface area contributed by atoms with Crippen LogP contribution in [0.25, 0.3) is 11.3 Å². The zero-order valence-electron chi connectivity index (χ0n) is 18.1. The minimum absolute atomic E-state index is 0.0852. The molecule has 4 rings (SSSR count). The lowest BCUT2D eigenvalue weighted by atomic mass is 10.1. The summed E-state index contributed by atoms with van der Waals surface area (Å²) in [4.78, 5) is 33.1. The van der Waals surface area contributed by atoms with Crippen molar-refractivity contribution in [3.05, 3.63) is 57.9 Å². The number of fused-ring (bicyclic) bond motifs is 1. The number of amides is 2. The van der Waals surface area contributed by atoms with Gasteiger partial charge in [-0.05, 0) is 57.5 Å². The van der Waals surface area contributed by atoms with Gasteiger partial charge in [-0.15, -0.1) is 11.3 Å². The molecule has 2 amide bonds. The van der Waals surface area contributed by atoms with Crippen molar-refractivity contribution in [2.24, 2.45) is 0 Å². The Morgan fingerprint density at radius 3 is 2.55 bits per heavy atom. The molecule has 1 aliphatic heterocycles. The molecule has 1 atom stereocenters.